The van der Waals surface area contributed by atoms with Gasteiger partial charge in [-0.15, -0.1) is 0 Å². The molecule has 0 unspecified atom stereocenters. The number of sulfonamides is 1. The molecular weight excluding hydrogens is 227 g/mol. The number of fused-ring (bicyclic) bond motifs is 1. The summed E-state index contributed by atoms with van der Waals surface area (Å²) in [6.45, 7) is 1.92. The van der Waals surface area contributed by atoms with E-state index in [2.05, 4.69) is 5.10 Å². The van der Waals surface area contributed by atoms with Gasteiger partial charge in [0.2, 0.25) is 10.0 Å². The van der Waals surface area contributed by atoms with Crippen molar-refractivity contribution < 1.29 is 13.4 Å². The van der Waals surface area contributed by atoms with Gasteiger partial charge in [-0.2, -0.15) is 5.10 Å². The highest BCUT2D eigenvalue weighted by atomic mass is 32.2. The van der Waals surface area contributed by atoms with E-state index in [1.54, 1.807) is 6.07 Å². The minimum absolute atomic E-state index is 0.547. The molecule has 2 rings (SSSR count). The monoisotopic (exact) mass is 238 g/mol. The van der Waals surface area contributed by atoms with Crippen molar-refractivity contribution in [3.63, 3.8) is 0 Å². The molecule has 0 atom stereocenters. The van der Waals surface area contributed by atoms with Crippen molar-refractivity contribution in [1.29, 1.82) is 0 Å². The van der Waals surface area contributed by atoms with Gasteiger partial charge in [-0.05, 0) is 17.9 Å². The number of aryl methyl sites for hydroxylation is 1. The second kappa shape index (κ2) is 3.60. The molecule has 0 aromatic heterocycles. The summed E-state index contributed by atoms with van der Waals surface area (Å²) >= 11 is 0. The molecule has 16 heavy (non-hydrogen) atoms. The predicted molar refractivity (Wildman–Crippen MR) is 63.1 cm³/mol. The van der Waals surface area contributed by atoms with Gasteiger partial charge in [0.1, 0.15) is 0 Å². The fourth-order valence-corrected chi connectivity index (χ4v) is 2.30. The van der Waals surface area contributed by atoms with Crippen LogP contribution in [0.2, 0.25) is 0 Å². The van der Waals surface area contributed by atoms with E-state index >= 15 is 0 Å². The summed E-state index contributed by atoms with van der Waals surface area (Å²) in [6.07, 6.45) is 2.45. The van der Waals surface area contributed by atoms with Crippen LogP contribution in [0.4, 0.5) is 0 Å². The average molecular weight is 238 g/mol. The van der Waals surface area contributed by atoms with E-state index in [1.165, 1.54) is 6.21 Å². The van der Waals surface area contributed by atoms with E-state index in [-0.39, 0.29) is 0 Å². The number of hydrazone groups is 1. The minimum Gasteiger partial charge on any atom is -0.427 e. The van der Waals surface area contributed by atoms with Crippen molar-refractivity contribution in [3.05, 3.63) is 29.3 Å². The van der Waals surface area contributed by atoms with Crippen LogP contribution in [0.3, 0.4) is 0 Å². The Morgan fingerprint density at radius 3 is 2.75 bits per heavy atom. The Kier molecular flexibility index (Phi) is 2.51. The third kappa shape index (κ3) is 1.83. The third-order valence-corrected chi connectivity index (χ3v) is 3.35. The third-order valence-electron chi connectivity index (χ3n) is 2.38. The van der Waals surface area contributed by atoms with Crippen molar-refractivity contribution in [1.82, 2.24) is 4.33 Å². The van der Waals surface area contributed by atoms with Gasteiger partial charge in [0.15, 0.2) is 0 Å². The van der Waals surface area contributed by atoms with Gasteiger partial charge < -0.3 is 5.02 Å². The van der Waals surface area contributed by atoms with Crippen LogP contribution in [0.1, 0.15) is 11.1 Å². The minimum atomic E-state index is -3.54. The van der Waals surface area contributed by atoms with Crippen molar-refractivity contribution in [3.8, 4) is 0 Å². The van der Waals surface area contributed by atoms with Crippen LogP contribution in [0.5, 0.6) is 0 Å². The molecule has 0 saturated carbocycles. The van der Waals surface area contributed by atoms with E-state index in [9.17, 15) is 13.4 Å². The maximum atomic E-state index is 11.3. The zero-order valence-electron chi connectivity index (χ0n) is 8.95. The normalized spacial score (nSPS) is 15.2. The molecule has 1 aromatic rings. The maximum absolute atomic E-state index is 11.3. The highest BCUT2D eigenvalue weighted by Crippen LogP contribution is 2.10. The van der Waals surface area contributed by atoms with Gasteiger partial charge in [0, 0.05) is 0 Å². The van der Waals surface area contributed by atoms with Gasteiger partial charge >= 0.3 is 7.05 Å². The molecule has 0 radical (unpaired) electrons. The van der Waals surface area contributed by atoms with E-state index in [1.807, 2.05) is 19.1 Å². The molecule has 0 saturated heterocycles. The molecule has 1 aromatic carbocycles. The van der Waals surface area contributed by atoms with Crippen LogP contribution in [-0.2, 0) is 10.0 Å². The van der Waals surface area contributed by atoms with Gasteiger partial charge in [-0.1, -0.05) is 23.8 Å². The molecule has 0 fully saturated rings. The maximum Gasteiger partial charge on any atom is 0.483 e. The smallest absolute Gasteiger partial charge is 0.427 e. The summed E-state index contributed by atoms with van der Waals surface area (Å²) in [5.41, 5.74) is 2.32. The predicted octanol–water partition coefficient (Wildman–Crippen LogP) is -0.708. The zero-order valence-corrected chi connectivity index (χ0v) is 9.77. The highest BCUT2D eigenvalue weighted by molar-refractivity contribution is 7.89. The molecule has 5 nitrogen and oxygen atoms in total. The first-order valence-corrected chi connectivity index (χ1v) is 6.56. The van der Waals surface area contributed by atoms with Crippen LogP contribution in [-0.4, -0.2) is 37.3 Å². The largest absolute Gasteiger partial charge is 0.483 e. The summed E-state index contributed by atoms with van der Waals surface area (Å²) in [7, 11) is -4.78. The standard InChI is InChI=1S/C9H11BN2O3S/c1-7-3-4-9-8(5-7)6-11-12(10(9)13)16(2,14)15/h3-6,13H,1-2H3. The number of benzene rings is 1. The van der Waals surface area contributed by atoms with E-state index in [4.69, 9.17) is 0 Å². The average Bonchev–Trinajstić information content (AvgIpc) is 2.15. The van der Waals surface area contributed by atoms with Gasteiger partial charge in [-0.25, -0.2) is 12.7 Å². The first-order chi connectivity index (χ1) is 7.39. The Morgan fingerprint density at radius 2 is 2.12 bits per heavy atom. The molecule has 1 aliphatic rings. The Labute approximate surface area is 94.6 Å². The molecule has 1 N–H and O–H groups in total. The summed E-state index contributed by atoms with van der Waals surface area (Å²) in [6, 6.07) is 5.38. The van der Waals surface area contributed by atoms with Crippen molar-refractivity contribution >= 4 is 28.8 Å². The molecule has 0 spiro atoms. The first kappa shape index (κ1) is 11.2. The van der Waals surface area contributed by atoms with E-state index < -0.39 is 17.1 Å². The fraction of sp³-hybridized carbons (Fsp3) is 0.222. The summed E-state index contributed by atoms with van der Waals surface area (Å²) in [4.78, 5) is 0. The zero-order chi connectivity index (χ0) is 11.9. The van der Waals surface area contributed by atoms with Gasteiger partial charge in [0.05, 0.1) is 12.5 Å². The van der Waals surface area contributed by atoms with E-state index in [0.29, 0.717) is 9.79 Å². The van der Waals surface area contributed by atoms with E-state index in [0.717, 1.165) is 17.4 Å². The summed E-state index contributed by atoms with van der Waals surface area (Å²) in [5.74, 6) is 0. The Morgan fingerprint density at radius 1 is 1.44 bits per heavy atom. The summed E-state index contributed by atoms with van der Waals surface area (Å²) in [5, 5.41) is 13.6. The van der Waals surface area contributed by atoms with Crippen molar-refractivity contribution in [2.45, 2.75) is 6.92 Å². The Bertz CT molecular complexity index is 556. The van der Waals surface area contributed by atoms with Crippen molar-refractivity contribution in [2.75, 3.05) is 6.26 Å². The molecule has 1 aliphatic heterocycles. The number of hydrogen-bond acceptors (Lipinski definition) is 4. The molecule has 0 aliphatic carbocycles. The number of rotatable bonds is 1. The SMILES string of the molecule is Cc1ccc2c(c1)C=NN(S(C)(=O)=O)B2O. The second-order valence-corrected chi connectivity index (χ2v) is 5.63. The van der Waals surface area contributed by atoms with Gasteiger partial charge in [-0.3, -0.25) is 0 Å². The fourth-order valence-electron chi connectivity index (χ4n) is 1.61. The Balaban J connectivity index is 2.52. The van der Waals surface area contributed by atoms with Crippen LogP contribution < -0.4 is 5.46 Å². The first-order valence-electron chi connectivity index (χ1n) is 4.71. The molecule has 1 heterocycles. The van der Waals surface area contributed by atoms with Gasteiger partial charge in [0.25, 0.3) is 0 Å². The molecular formula is C9H11BN2O3S. The molecule has 84 valence electrons. The van der Waals surface area contributed by atoms with Crippen LogP contribution in [0.25, 0.3) is 0 Å². The molecule has 0 bridgehead atoms. The number of nitrogens with zero attached hydrogens (tertiary/aromatic N) is 2. The lowest BCUT2D eigenvalue weighted by molar-refractivity contribution is 0.479. The number of hydrogen-bond donors (Lipinski definition) is 1. The lowest BCUT2D eigenvalue weighted by Gasteiger charge is -2.24. The summed E-state index contributed by atoms with van der Waals surface area (Å²) < 4.78 is 23.4. The van der Waals surface area contributed by atoms with Crippen LogP contribution >= 0.6 is 0 Å². The Hall–Kier alpha value is -1.34. The lowest BCUT2D eigenvalue weighted by atomic mass is 9.71. The van der Waals surface area contributed by atoms with Crippen LogP contribution in [0, 0.1) is 6.92 Å². The molecule has 0 amide bonds. The quantitative estimate of drug-likeness (QED) is 0.657. The second-order valence-electron chi connectivity index (χ2n) is 3.79. The highest BCUT2D eigenvalue weighted by Gasteiger charge is 2.34. The molecule has 7 heteroatoms. The van der Waals surface area contributed by atoms with Crippen LogP contribution in [0.15, 0.2) is 23.3 Å². The lowest BCUT2D eigenvalue weighted by Crippen LogP contribution is -2.51. The topological polar surface area (TPSA) is 70.0 Å². The van der Waals surface area contributed by atoms with Crippen molar-refractivity contribution in [2.24, 2.45) is 5.10 Å².